The van der Waals surface area contributed by atoms with Crippen molar-refractivity contribution in [2.24, 2.45) is 5.73 Å². The van der Waals surface area contributed by atoms with Gasteiger partial charge in [-0.15, -0.1) is 0 Å². The monoisotopic (exact) mass is 278 g/mol. The molecule has 1 aromatic rings. The molecule has 1 aliphatic carbocycles. The van der Waals surface area contributed by atoms with E-state index in [2.05, 4.69) is 17.3 Å². The molecule has 1 saturated heterocycles. The van der Waals surface area contributed by atoms with E-state index in [0.717, 1.165) is 19.4 Å². The number of carbonyl (C=O) groups excluding carboxylic acids is 1. The SMILES string of the molecule is CCn1nc(NC(=O)[C@@H]2CC[C@H](CN)O2)cc1C1CC1. The van der Waals surface area contributed by atoms with E-state index in [1.807, 2.05) is 10.7 Å². The van der Waals surface area contributed by atoms with Crippen LogP contribution in [-0.2, 0) is 16.1 Å². The summed E-state index contributed by atoms with van der Waals surface area (Å²) in [4.78, 5) is 12.1. The number of carbonyl (C=O) groups is 1. The molecule has 1 aliphatic heterocycles. The Morgan fingerprint density at radius 2 is 2.30 bits per heavy atom. The van der Waals surface area contributed by atoms with E-state index in [4.69, 9.17) is 10.5 Å². The highest BCUT2D eigenvalue weighted by Gasteiger charge is 2.31. The predicted octanol–water partition coefficient (Wildman–Crippen LogP) is 1.23. The summed E-state index contributed by atoms with van der Waals surface area (Å²) in [5.41, 5.74) is 6.79. The topological polar surface area (TPSA) is 82.2 Å². The molecule has 20 heavy (non-hydrogen) atoms. The van der Waals surface area contributed by atoms with Crippen molar-refractivity contribution in [2.45, 2.75) is 57.3 Å². The first-order chi connectivity index (χ1) is 9.71. The molecule has 1 aromatic heterocycles. The van der Waals surface area contributed by atoms with Crippen LogP contribution in [0, 0.1) is 0 Å². The van der Waals surface area contributed by atoms with Crippen LogP contribution in [0.1, 0.15) is 44.2 Å². The summed E-state index contributed by atoms with van der Waals surface area (Å²) in [5.74, 6) is 1.15. The molecule has 0 spiro atoms. The molecule has 0 unspecified atom stereocenters. The zero-order valence-electron chi connectivity index (χ0n) is 11.8. The first-order valence-corrected chi connectivity index (χ1v) is 7.45. The van der Waals surface area contributed by atoms with E-state index in [9.17, 15) is 4.79 Å². The minimum Gasteiger partial charge on any atom is -0.364 e. The summed E-state index contributed by atoms with van der Waals surface area (Å²) in [6.45, 7) is 3.37. The maximum Gasteiger partial charge on any atom is 0.254 e. The number of rotatable bonds is 5. The fourth-order valence-electron chi connectivity index (χ4n) is 2.73. The molecule has 1 amide bonds. The minimum absolute atomic E-state index is 0.0148. The Balaban J connectivity index is 1.64. The summed E-state index contributed by atoms with van der Waals surface area (Å²) >= 11 is 0. The van der Waals surface area contributed by atoms with Crippen molar-refractivity contribution in [3.05, 3.63) is 11.8 Å². The molecule has 0 aromatic carbocycles. The van der Waals surface area contributed by atoms with Gasteiger partial charge in [-0.2, -0.15) is 5.10 Å². The van der Waals surface area contributed by atoms with Gasteiger partial charge in [-0.1, -0.05) is 0 Å². The number of aryl methyl sites for hydroxylation is 1. The van der Waals surface area contributed by atoms with Crippen molar-refractivity contribution < 1.29 is 9.53 Å². The molecule has 0 bridgehead atoms. The molecule has 3 N–H and O–H groups in total. The van der Waals surface area contributed by atoms with Crippen LogP contribution in [0.2, 0.25) is 0 Å². The molecule has 2 fully saturated rings. The molecular weight excluding hydrogens is 256 g/mol. The van der Waals surface area contributed by atoms with Gasteiger partial charge < -0.3 is 15.8 Å². The highest BCUT2D eigenvalue weighted by atomic mass is 16.5. The second-order valence-electron chi connectivity index (χ2n) is 5.59. The zero-order chi connectivity index (χ0) is 14.1. The van der Waals surface area contributed by atoms with Crippen LogP contribution in [-0.4, -0.2) is 34.4 Å². The van der Waals surface area contributed by atoms with Gasteiger partial charge in [0.05, 0.1) is 6.10 Å². The standard InChI is InChI=1S/C14H22N4O2/c1-2-18-11(9-3-4-9)7-13(17-18)16-14(19)12-6-5-10(8-15)20-12/h7,9-10,12H,2-6,8,15H2,1H3,(H,16,17,19)/t10-,12+/m1/s1. The zero-order valence-corrected chi connectivity index (χ0v) is 11.8. The van der Waals surface area contributed by atoms with Crippen LogP contribution >= 0.6 is 0 Å². The van der Waals surface area contributed by atoms with Gasteiger partial charge in [0.15, 0.2) is 5.82 Å². The fraction of sp³-hybridized carbons (Fsp3) is 0.714. The van der Waals surface area contributed by atoms with Gasteiger partial charge in [0.1, 0.15) is 6.10 Å². The minimum atomic E-state index is -0.389. The van der Waals surface area contributed by atoms with Crippen molar-refractivity contribution in [2.75, 3.05) is 11.9 Å². The number of amides is 1. The number of anilines is 1. The van der Waals surface area contributed by atoms with Gasteiger partial charge >= 0.3 is 0 Å². The lowest BCUT2D eigenvalue weighted by molar-refractivity contribution is -0.126. The lowest BCUT2D eigenvalue weighted by atomic mass is 10.2. The van der Waals surface area contributed by atoms with Crippen molar-refractivity contribution in [1.82, 2.24) is 9.78 Å². The van der Waals surface area contributed by atoms with Crippen LogP contribution in [0.3, 0.4) is 0 Å². The third kappa shape index (κ3) is 2.71. The number of nitrogens with two attached hydrogens (primary N) is 1. The van der Waals surface area contributed by atoms with Gasteiger partial charge in [0.25, 0.3) is 5.91 Å². The average Bonchev–Trinajstić information content (AvgIpc) is 3.04. The molecule has 2 atom stereocenters. The van der Waals surface area contributed by atoms with Crippen molar-refractivity contribution in [1.29, 1.82) is 0 Å². The second kappa shape index (κ2) is 5.54. The molecule has 1 saturated carbocycles. The molecule has 110 valence electrons. The number of hydrogen-bond acceptors (Lipinski definition) is 4. The number of hydrogen-bond donors (Lipinski definition) is 2. The first kappa shape index (κ1) is 13.6. The van der Waals surface area contributed by atoms with E-state index in [0.29, 0.717) is 18.3 Å². The lowest BCUT2D eigenvalue weighted by Gasteiger charge is -2.11. The van der Waals surface area contributed by atoms with E-state index in [1.165, 1.54) is 18.5 Å². The number of nitrogens with one attached hydrogen (secondary N) is 1. The normalized spacial score (nSPS) is 25.9. The summed E-state index contributed by atoms with van der Waals surface area (Å²) in [7, 11) is 0. The third-order valence-electron chi connectivity index (χ3n) is 4.02. The quantitative estimate of drug-likeness (QED) is 0.848. The van der Waals surface area contributed by atoms with Crippen molar-refractivity contribution >= 4 is 11.7 Å². The maximum atomic E-state index is 12.1. The Morgan fingerprint density at radius 1 is 1.50 bits per heavy atom. The van der Waals surface area contributed by atoms with Crippen LogP contribution in [0.15, 0.2) is 6.07 Å². The highest BCUT2D eigenvalue weighted by molar-refractivity contribution is 5.93. The Morgan fingerprint density at radius 3 is 2.90 bits per heavy atom. The van der Waals surface area contributed by atoms with E-state index >= 15 is 0 Å². The molecule has 0 radical (unpaired) electrons. The average molecular weight is 278 g/mol. The summed E-state index contributed by atoms with van der Waals surface area (Å²) < 4.78 is 7.57. The summed E-state index contributed by atoms with van der Waals surface area (Å²) in [5, 5.41) is 7.31. The summed E-state index contributed by atoms with van der Waals surface area (Å²) in [6, 6.07) is 1.99. The Labute approximate surface area is 118 Å². The Hall–Kier alpha value is -1.40. The lowest BCUT2D eigenvalue weighted by Crippen LogP contribution is -2.30. The smallest absolute Gasteiger partial charge is 0.254 e. The highest BCUT2D eigenvalue weighted by Crippen LogP contribution is 2.40. The molecule has 6 heteroatoms. The second-order valence-corrected chi connectivity index (χ2v) is 5.59. The third-order valence-corrected chi connectivity index (χ3v) is 4.02. The molecule has 2 heterocycles. The molecule has 2 aliphatic rings. The van der Waals surface area contributed by atoms with Crippen molar-refractivity contribution in [3.63, 3.8) is 0 Å². The Bertz CT molecular complexity index is 495. The number of aromatic nitrogens is 2. The molecule has 6 nitrogen and oxygen atoms in total. The van der Waals surface area contributed by atoms with Crippen LogP contribution < -0.4 is 11.1 Å². The number of ether oxygens (including phenoxy) is 1. The first-order valence-electron chi connectivity index (χ1n) is 7.45. The molecular formula is C14H22N4O2. The largest absolute Gasteiger partial charge is 0.364 e. The summed E-state index contributed by atoms with van der Waals surface area (Å²) in [6.07, 6.45) is 3.66. The maximum absolute atomic E-state index is 12.1. The van der Waals surface area contributed by atoms with Gasteiger partial charge in [-0.3, -0.25) is 9.48 Å². The van der Waals surface area contributed by atoms with E-state index in [1.54, 1.807) is 0 Å². The van der Waals surface area contributed by atoms with E-state index in [-0.39, 0.29) is 18.1 Å². The van der Waals surface area contributed by atoms with Gasteiger partial charge in [0, 0.05) is 30.8 Å². The van der Waals surface area contributed by atoms with Gasteiger partial charge in [-0.05, 0) is 32.6 Å². The van der Waals surface area contributed by atoms with Crippen LogP contribution in [0.5, 0.6) is 0 Å². The molecule has 3 rings (SSSR count). The van der Waals surface area contributed by atoms with Crippen LogP contribution in [0.4, 0.5) is 5.82 Å². The van der Waals surface area contributed by atoms with Gasteiger partial charge in [-0.25, -0.2) is 0 Å². The van der Waals surface area contributed by atoms with E-state index < -0.39 is 0 Å². The van der Waals surface area contributed by atoms with Crippen molar-refractivity contribution in [3.8, 4) is 0 Å². The van der Waals surface area contributed by atoms with Gasteiger partial charge in [0.2, 0.25) is 0 Å². The fourth-order valence-corrected chi connectivity index (χ4v) is 2.73. The Kier molecular flexibility index (Phi) is 3.76. The van der Waals surface area contributed by atoms with Crippen LogP contribution in [0.25, 0.3) is 0 Å². The number of nitrogens with zero attached hydrogens (tertiary/aromatic N) is 2. The predicted molar refractivity (Wildman–Crippen MR) is 75.5 cm³/mol.